The fourth-order valence-electron chi connectivity index (χ4n) is 1.54. The number of benzene rings is 1. The highest BCUT2D eigenvalue weighted by atomic mass is 79.9. The minimum Gasteiger partial charge on any atom is -0.399 e. The third kappa shape index (κ3) is 2.84. The topological polar surface area (TPSA) is 46.2 Å². The van der Waals surface area contributed by atoms with Gasteiger partial charge >= 0.3 is 0 Å². The minimum atomic E-state index is -0.492. The molecular formula is C12H12BrNOS. The molecule has 0 spiro atoms. The van der Waals surface area contributed by atoms with Gasteiger partial charge < -0.3 is 10.8 Å². The lowest BCUT2D eigenvalue weighted by Gasteiger charge is -2.10. The zero-order valence-corrected chi connectivity index (χ0v) is 11.0. The van der Waals surface area contributed by atoms with E-state index in [1.54, 1.807) is 11.3 Å². The van der Waals surface area contributed by atoms with Crippen LogP contribution in [0.2, 0.25) is 0 Å². The van der Waals surface area contributed by atoms with Gasteiger partial charge in [0.05, 0.1) is 9.89 Å². The molecule has 2 nitrogen and oxygen atoms in total. The largest absolute Gasteiger partial charge is 0.399 e. The van der Waals surface area contributed by atoms with Gasteiger partial charge in [-0.1, -0.05) is 12.1 Å². The second kappa shape index (κ2) is 4.99. The number of hydrogen-bond acceptors (Lipinski definition) is 3. The molecule has 0 fully saturated rings. The van der Waals surface area contributed by atoms with Crippen LogP contribution in [0.4, 0.5) is 5.69 Å². The lowest BCUT2D eigenvalue weighted by Crippen LogP contribution is -2.01. The van der Waals surface area contributed by atoms with Gasteiger partial charge in [-0.05, 0) is 45.8 Å². The third-order valence-electron chi connectivity index (χ3n) is 2.32. The summed E-state index contributed by atoms with van der Waals surface area (Å²) in [6.45, 7) is 0. The smallest absolute Gasteiger partial charge is 0.0839 e. The maximum absolute atomic E-state index is 10.0. The predicted octanol–water partition coefficient (Wildman–Crippen LogP) is 3.37. The van der Waals surface area contributed by atoms with E-state index in [1.807, 2.05) is 36.4 Å². The molecule has 0 saturated carbocycles. The summed E-state index contributed by atoms with van der Waals surface area (Å²) in [6.07, 6.45) is 0.133. The Bertz CT molecular complexity index is 483. The van der Waals surface area contributed by atoms with Gasteiger partial charge in [0, 0.05) is 17.0 Å². The molecule has 84 valence electrons. The van der Waals surface area contributed by atoms with Gasteiger partial charge in [-0.2, -0.15) is 0 Å². The van der Waals surface area contributed by atoms with Crippen molar-refractivity contribution in [2.45, 2.75) is 12.5 Å². The first kappa shape index (κ1) is 11.6. The second-order valence-electron chi connectivity index (χ2n) is 3.60. The Balaban J connectivity index is 2.11. The molecule has 1 aromatic carbocycles. The Hall–Kier alpha value is -0.840. The molecule has 1 aromatic heterocycles. The lowest BCUT2D eigenvalue weighted by molar-refractivity contribution is 0.179. The first-order valence-electron chi connectivity index (χ1n) is 4.93. The fourth-order valence-corrected chi connectivity index (χ4v) is 3.06. The number of hydrogen-bond donors (Lipinski definition) is 2. The molecule has 0 radical (unpaired) electrons. The predicted molar refractivity (Wildman–Crippen MR) is 71.5 cm³/mol. The fraction of sp³-hybridized carbons (Fsp3) is 0.167. The molecule has 3 N–H and O–H groups in total. The van der Waals surface area contributed by atoms with Gasteiger partial charge in [-0.15, -0.1) is 11.3 Å². The molecule has 0 bridgehead atoms. The summed E-state index contributed by atoms with van der Waals surface area (Å²) in [7, 11) is 0. The van der Waals surface area contributed by atoms with E-state index in [0.29, 0.717) is 12.1 Å². The Morgan fingerprint density at radius 2 is 2.12 bits per heavy atom. The number of thiophene rings is 1. The Labute approximate surface area is 107 Å². The van der Waals surface area contributed by atoms with E-state index in [0.717, 1.165) is 14.2 Å². The summed E-state index contributed by atoms with van der Waals surface area (Å²) in [5.41, 5.74) is 7.23. The molecule has 16 heavy (non-hydrogen) atoms. The summed E-state index contributed by atoms with van der Waals surface area (Å²) in [6, 6.07) is 11.4. The van der Waals surface area contributed by atoms with Crippen molar-refractivity contribution in [1.29, 1.82) is 0 Å². The molecule has 0 aliphatic heterocycles. The van der Waals surface area contributed by atoms with Gasteiger partial charge in [0.2, 0.25) is 0 Å². The highest BCUT2D eigenvalue weighted by Gasteiger charge is 2.10. The van der Waals surface area contributed by atoms with E-state index in [2.05, 4.69) is 15.9 Å². The van der Waals surface area contributed by atoms with Crippen LogP contribution in [-0.2, 0) is 6.42 Å². The summed E-state index contributed by atoms with van der Waals surface area (Å²) in [5, 5.41) is 10.0. The highest BCUT2D eigenvalue weighted by molar-refractivity contribution is 9.11. The van der Waals surface area contributed by atoms with Crippen molar-refractivity contribution in [1.82, 2.24) is 0 Å². The van der Waals surface area contributed by atoms with Crippen molar-refractivity contribution < 1.29 is 5.11 Å². The third-order valence-corrected chi connectivity index (χ3v) is 3.96. The van der Waals surface area contributed by atoms with E-state index in [-0.39, 0.29) is 0 Å². The van der Waals surface area contributed by atoms with Gasteiger partial charge in [0.1, 0.15) is 0 Å². The number of aliphatic hydroxyl groups is 1. The van der Waals surface area contributed by atoms with Gasteiger partial charge in [0.15, 0.2) is 0 Å². The molecule has 0 aliphatic rings. The van der Waals surface area contributed by atoms with Crippen molar-refractivity contribution in [2.24, 2.45) is 0 Å². The molecule has 0 amide bonds. The first-order valence-corrected chi connectivity index (χ1v) is 6.54. The van der Waals surface area contributed by atoms with E-state index in [4.69, 9.17) is 5.73 Å². The van der Waals surface area contributed by atoms with Crippen LogP contribution in [0.3, 0.4) is 0 Å². The van der Waals surface area contributed by atoms with Gasteiger partial charge in [-0.3, -0.25) is 0 Å². The van der Waals surface area contributed by atoms with Crippen molar-refractivity contribution in [3.63, 3.8) is 0 Å². The molecule has 2 aromatic rings. The van der Waals surface area contributed by atoms with Gasteiger partial charge in [0.25, 0.3) is 0 Å². The molecule has 1 atom stereocenters. The molecule has 2 rings (SSSR count). The van der Waals surface area contributed by atoms with Crippen LogP contribution in [0.5, 0.6) is 0 Å². The van der Waals surface area contributed by atoms with Crippen molar-refractivity contribution in [3.05, 3.63) is 50.6 Å². The van der Waals surface area contributed by atoms with Gasteiger partial charge in [-0.25, -0.2) is 0 Å². The van der Waals surface area contributed by atoms with Crippen LogP contribution in [0.15, 0.2) is 40.2 Å². The Morgan fingerprint density at radius 1 is 1.31 bits per heavy atom. The molecule has 1 unspecified atom stereocenters. The van der Waals surface area contributed by atoms with E-state index in [1.165, 1.54) is 0 Å². The monoisotopic (exact) mass is 297 g/mol. The first-order chi connectivity index (χ1) is 7.65. The number of halogens is 1. The van der Waals surface area contributed by atoms with Crippen LogP contribution in [0.25, 0.3) is 0 Å². The number of nitrogen functional groups attached to an aromatic ring is 1. The average molecular weight is 298 g/mol. The summed E-state index contributed by atoms with van der Waals surface area (Å²) >= 11 is 5.05. The normalized spacial score (nSPS) is 12.6. The van der Waals surface area contributed by atoms with Crippen LogP contribution in [0, 0.1) is 0 Å². The summed E-state index contributed by atoms with van der Waals surface area (Å²) in [4.78, 5) is 1.15. The maximum atomic E-state index is 10.0. The van der Waals surface area contributed by atoms with Crippen LogP contribution in [0.1, 0.15) is 16.5 Å². The van der Waals surface area contributed by atoms with E-state index in [9.17, 15) is 5.11 Å². The number of rotatable bonds is 3. The van der Waals surface area contributed by atoms with Crippen molar-refractivity contribution >= 4 is 33.0 Å². The Kier molecular flexibility index (Phi) is 3.63. The number of nitrogens with two attached hydrogens (primary N) is 1. The average Bonchev–Trinajstić information content (AvgIpc) is 2.64. The van der Waals surface area contributed by atoms with E-state index >= 15 is 0 Å². The lowest BCUT2D eigenvalue weighted by atomic mass is 10.1. The quantitative estimate of drug-likeness (QED) is 0.853. The van der Waals surface area contributed by atoms with Crippen molar-refractivity contribution in [2.75, 3.05) is 5.73 Å². The van der Waals surface area contributed by atoms with E-state index < -0.39 is 6.10 Å². The second-order valence-corrected chi connectivity index (χ2v) is 6.14. The highest BCUT2D eigenvalue weighted by Crippen LogP contribution is 2.27. The molecule has 0 aliphatic carbocycles. The SMILES string of the molecule is Nc1cccc(C(O)Cc2ccc(Br)s2)c1. The van der Waals surface area contributed by atoms with Crippen LogP contribution < -0.4 is 5.73 Å². The van der Waals surface area contributed by atoms with Crippen LogP contribution >= 0.6 is 27.3 Å². The number of aliphatic hydroxyl groups excluding tert-OH is 1. The van der Waals surface area contributed by atoms with Crippen molar-refractivity contribution in [3.8, 4) is 0 Å². The summed E-state index contributed by atoms with van der Waals surface area (Å²) < 4.78 is 1.09. The zero-order valence-electron chi connectivity index (χ0n) is 8.56. The summed E-state index contributed by atoms with van der Waals surface area (Å²) in [5.74, 6) is 0. The molecule has 4 heteroatoms. The molecule has 0 saturated heterocycles. The standard InChI is InChI=1S/C12H12BrNOS/c13-12-5-4-10(16-12)7-11(15)8-2-1-3-9(14)6-8/h1-6,11,15H,7,14H2. The minimum absolute atomic E-state index is 0.492. The number of anilines is 1. The zero-order chi connectivity index (χ0) is 11.5. The van der Waals surface area contributed by atoms with Crippen LogP contribution in [-0.4, -0.2) is 5.11 Å². The maximum Gasteiger partial charge on any atom is 0.0839 e. The molecule has 1 heterocycles. The Morgan fingerprint density at radius 3 is 2.75 bits per heavy atom. The molecular weight excluding hydrogens is 286 g/mol.